The number of hydrogen-bond donors (Lipinski definition) is 1. The van der Waals surface area contributed by atoms with Crippen LogP contribution < -0.4 is 5.73 Å². The van der Waals surface area contributed by atoms with E-state index in [9.17, 15) is 4.79 Å². The summed E-state index contributed by atoms with van der Waals surface area (Å²) in [4.78, 5) is 14.0. The van der Waals surface area contributed by atoms with Gasteiger partial charge in [0.1, 0.15) is 6.61 Å². The van der Waals surface area contributed by atoms with E-state index in [1.165, 1.54) is 0 Å². The first-order valence-electron chi connectivity index (χ1n) is 6.94. The fourth-order valence-corrected chi connectivity index (χ4v) is 2.72. The lowest BCUT2D eigenvalue weighted by molar-refractivity contribution is -0.140. The Morgan fingerprint density at radius 2 is 2.25 bits per heavy atom. The van der Waals surface area contributed by atoms with Crippen molar-refractivity contribution in [1.29, 1.82) is 0 Å². The molecule has 2 atom stereocenters. The van der Waals surface area contributed by atoms with Crippen LogP contribution in [0, 0.1) is 0 Å². The van der Waals surface area contributed by atoms with Gasteiger partial charge in [-0.05, 0) is 31.4 Å². The van der Waals surface area contributed by atoms with Crippen molar-refractivity contribution in [2.45, 2.75) is 38.5 Å². The smallest absolute Gasteiger partial charge is 0.248 e. The highest BCUT2D eigenvalue weighted by Crippen LogP contribution is 2.17. The van der Waals surface area contributed by atoms with Crippen molar-refractivity contribution in [2.24, 2.45) is 5.73 Å². The molecule has 1 fully saturated rings. The quantitative estimate of drug-likeness (QED) is 0.927. The zero-order chi connectivity index (χ0) is 14.5. The summed E-state index contributed by atoms with van der Waals surface area (Å²) in [5.41, 5.74) is 6.80. The van der Waals surface area contributed by atoms with E-state index in [1.807, 2.05) is 36.1 Å². The molecular formula is C15H21ClN2O2. The fourth-order valence-electron chi connectivity index (χ4n) is 2.53. The summed E-state index contributed by atoms with van der Waals surface area (Å²) in [5, 5.41) is 0.664. The maximum absolute atomic E-state index is 12.1. The number of rotatable bonds is 4. The zero-order valence-electron chi connectivity index (χ0n) is 11.7. The summed E-state index contributed by atoms with van der Waals surface area (Å²) in [6.07, 6.45) is 1.72. The summed E-state index contributed by atoms with van der Waals surface area (Å²) in [5.74, 6) is 0.0245. The molecule has 4 nitrogen and oxygen atoms in total. The molecule has 0 aromatic heterocycles. The molecule has 1 aliphatic heterocycles. The first-order chi connectivity index (χ1) is 9.58. The Labute approximate surface area is 124 Å². The van der Waals surface area contributed by atoms with E-state index >= 15 is 0 Å². The minimum Gasteiger partial charge on any atom is -0.367 e. The van der Waals surface area contributed by atoms with Gasteiger partial charge in [0.05, 0.1) is 6.61 Å². The molecule has 0 saturated carbocycles. The Morgan fingerprint density at radius 1 is 1.50 bits per heavy atom. The molecule has 1 amide bonds. The molecule has 2 rings (SSSR count). The van der Waals surface area contributed by atoms with Gasteiger partial charge in [0.25, 0.3) is 0 Å². The Hall–Kier alpha value is -1.10. The molecule has 2 N–H and O–H groups in total. The van der Waals surface area contributed by atoms with Crippen LogP contribution in [0.2, 0.25) is 5.02 Å². The zero-order valence-corrected chi connectivity index (χ0v) is 12.5. The highest BCUT2D eigenvalue weighted by atomic mass is 35.5. The molecule has 1 saturated heterocycles. The van der Waals surface area contributed by atoms with Gasteiger partial charge in [0, 0.05) is 23.7 Å². The predicted octanol–water partition coefficient (Wildman–Crippen LogP) is 2.19. The number of halogens is 1. The van der Waals surface area contributed by atoms with Crippen molar-refractivity contribution in [3.63, 3.8) is 0 Å². The van der Waals surface area contributed by atoms with Crippen LogP contribution in [-0.2, 0) is 16.1 Å². The third-order valence-corrected chi connectivity index (χ3v) is 4.05. The number of carbonyl (C=O) groups is 1. The summed E-state index contributed by atoms with van der Waals surface area (Å²) in [6.45, 7) is 3.19. The highest BCUT2D eigenvalue weighted by molar-refractivity contribution is 6.31. The summed E-state index contributed by atoms with van der Waals surface area (Å²) < 4.78 is 5.48. The van der Waals surface area contributed by atoms with Crippen LogP contribution in [0.5, 0.6) is 0 Å². The number of piperidine rings is 1. The molecule has 110 valence electrons. The Kier molecular flexibility index (Phi) is 5.40. The van der Waals surface area contributed by atoms with E-state index in [2.05, 4.69) is 0 Å². The van der Waals surface area contributed by atoms with Crippen molar-refractivity contribution >= 4 is 17.5 Å². The Morgan fingerprint density at radius 3 is 2.95 bits per heavy atom. The number of nitrogens with two attached hydrogens (primary N) is 1. The number of amides is 1. The number of benzene rings is 1. The molecule has 1 heterocycles. The van der Waals surface area contributed by atoms with Crippen LogP contribution in [-0.4, -0.2) is 36.0 Å². The van der Waals surface area contributed by atoms with Gasteiger partial charge in [-0.15, -0.1) is 0 Å². The van der Waals surface area contributed by atoms with Gasteiger partial charge in [0.15, 0.2) is 0 Å². The topological polar surface area (TPSA) is 55.6 Å². The van der Waals surface area contributed by atoms with E-state index in [0.717, 1.165) is 24.9 Å². The molecule has 1 aromatic rings. The highest BCUT2D eigenvalue weighted by Gasteiger charge is 2.26. The second-order valence-corrected chi connectivity index (χ2v) is 5.71. The van der Waals surface area contributed by atoms with Crippen molar-refractivity contribution in [1.82, 2.24) is 4.90 Å². The van der Waals surface area contributed by atoms with Crippen molar-refractivity contribution in [3.05, 3.63) is 34.9 Å². The first-order valence-corrected chi connectivity index (χ1v) is 7.32. The Balaban J connectivity index is 1.79. The molecule has 0 bridgehead atoms. The second kappa shape index (κ2) is 7.07. The van der Waals surface area contributed by atoms with Gasteiger partial charge in [0.2, 0.25) is 5.91 Å². The lowest BCUT2D eigenvalue weighted by atomic mass is 9.99. The van der Waals surface area contributed by atoms with Crippen molar-refractivity contribution in [2.75, 3.05) is 13.2 Å². The third-order valence-electron chi connectivity index (χ3n) is 3.68. The fraction of sp³-hybridized carbons (Fsp3) is 0.533. The Bertz CT molecular complexity index is 467. The van der Waals surface area contributed by atoms with E-state index in [4.69, 9.17) is 22.1 Å². The first kappa shape index (κ1) is 15.3. The number of hydrogen-bond acceptors (Lipinski definition) is 3. The SMILES string of the molecule is C[C@@H]1C[C@@H](N)CCN1C(=O)COCc1ccccc1Cl. The number of carbonyl (C=O) groups excluding carboxylic acids is 1. The van der Waals surface area contributed by atoms with Gasteiger partial charge in [-0.2, -0.15) is 0 Å². The molecule has 20 heavy (non-hydrogen) atoms. The average molecular weight is 297 g/mol. The molecule has 1 aromatic carbocycles. The largest absolute Gasteiger partial charge is 0.367 e. The van der Waals surface area contributed by atoms with Crippen LogP contribution in [0.3, 0.4) is 0 Å². The van der Waals surface area contributed by atoms with Crippen LogP contribution in [0.25, 0.3) is 0 Å². The minimum atomic E-state index is 0.0245. The number of ether oxygens (including phenoxy) is 1. The van der Waals surface area contributed by atoms with Crippen LogP contribution in [0.4, 0.5) is 0 Å². The van der Waals surface area contributed by atoms with Crippen LogP contribution in [0.1, 0.15) is 25.3 Å². The molecular weight excluding hydrogens is 276 g/mol. The van der Waals surface area contributed by atoms with E-state index in [-0.39, 0.29) is 24.6 Å². The van der Waals surface area contributed by atoms with Crippen molar-refractivity contribution < 1.29 is 9.53 Å². The van der Waals surface area contributed by atoms with Crippen LogP contribution in [0.15, 0.2) is 24.3 Å². The van der Waals surface area contributed by atoms with Gasteiger partial charge in [-0.25, -0.2) is 0 Å². The molecule has 0 radical (unpaired) electrons. The lowest BCUT2D eigenvalue weighted by Crippen LogP contribution is -2.49. The average Bonchev–Trinajstić information content (AvgIpc) is 2.40. The molecule has 0 unspecified atom stereocenters. The van der Waals surface area contributed by atoms with Gasteiger partial charge in [-0.3, -0.25) is 4.79 Å². The van der Waals surface area contributed by atoms with Gasteiger partial charge < -0.3 is 15.4 Å². The minimum absolute atomic E-state index is 0.0245. The summed E-state index contributed by atoms with van der Waals surface area (Å²) >= 11 is 6.04. The van der Waals surface area contributed by atoms with E-state index in [1.54, 1.807) is 0 Å². The second-order valence-electron chi connectivity index (χ2n) is 5.30. The number of likely N-dealkylation sites (tertiary alicyclic amines) is 1. The lowest BCUT2D eigenvalue weighted by Gasteiger charge is -2.36. The molecule has 1 aliphatic rings. The standard InChI is InChI=1S/C15H21ClN2O2/c1-11-8-13(17)6-7-18(11)15(19)10-20-9-12-4-2-3-5-14(12)16/h2-5,11,13H,6-10,17H2,1H3/t11-,13+/m1/s1. The number of nitrogens with zero attached hydrogens (tertiary/aromatic N) is 1. The van der Waals surface area contributed by atoms with E-state index in [0.29, 0.717) is 11.6 Å². The van der Waals surface area contributed by atoms with Gasteiger partial charge >= 0.3 is 0 Å². The summed E-state index contributed by atoms with van der Waals surface area (Å²) in [6, 6.07) is 7.88. The summed E-state index contributed by atoms with van der Waals surface area (Å²) in [7, 11) is 0. The maximum atomic E-state index is 12.1. The van der Waals surface area contributed by atoms with Gasteiger partial charge in [-0.1, -0.05) is 29.8 Å². The monoisotopic (exact) mass is 296 g/mol. The third kappa shape index (κ3) is 3.95. The van der Waals surface area contributed by atoms with E-state index < -0.39 is 0 Å². The van der Waals surface area contributed by atoms with Crippen molar-refractivity contribution in [3.8, 4) is 0 Å². The predicted molar refractivity (Wildman–Crippen MR) is 79.5 cm³/mol. The normalized spacial score (nSPS) is 22.9. The molecule has 0 aliphatic carbocycles. The molecule has 0 spiro atoms. The van der Waals surface area contributed by atoms with Crippen LogP contribution >= 0.6 is 11.6 Å². The maximum Gasteiger partial charge on any atom is 0.248 e. The molecule has 5 heteroatoms.